The molecule has 6 nitrogen and oxygen atoms in total. The molecule has 150 valence electrons. The minimum absolute atomic E-state index is 0.163. The molecule has 0 unspecified atom stereocenters. The molecule has 1 amide bonds. The van der Waals surface area contributed by atoms with Gasteiger partial charge >= 0.3 is 5.97 Å². The van der Waals surface area contributed by atoms with Gasteiger partial charge < -0.3 is 19.5 Å². The number of para-hydroxylation sites is 1. The lowest BCUT2D eigenvalue weighted by atomic mass is 10.1. The molecular formula is C22H27NO5. The van der Waals surface area contributed by atoms with Gasteiger partial charge in [-0.05, 0) is 56.0 Å². The molecule has 1 atom stereocenters. The summed E-state index contributed by atoms with van der Waals surface area (Å²) in [6.45, 7) is 5.40. The van der Waals surface area contributed by atoms with Crippen LogP contribution >= 0.6 is 0 Å². The molecule has 2 rings (SSSR count). The van der Waals surface area contributed by atoms with Crippen LogP contribution in [0.25, 0.3) is 0 Å². The van der Waals surface area contributed by atoms with Crippen LogP contribution in [0.2, 0.25) is 0 Å². The van der Waals surface area contributed by atoms with Crippen LogP contribution in [-0.2, 0) is 20.7 Å². The molecule has 0 heterocycles. The largest absolute Gasteiger partial charge is 0.493 e. The van der Waals surface area contributed by atoms with Crippen LogP contribution in [0.1, 0.15) is 30.0 Å². The van der Waals surface area contributed by atoms with Gasteiger partial charge in [0, 0.05) is 12.1 Å². The number of amides is 1. The van der Waals surface area contributed by atoms with Crippen molar-refractivity contribution in [2.75, 3.05) is 19.5 Å². The summed E-state index contributed by atoms with van der Waals surface area (Å²) in [7, 11) is 3.13. The summed E-state index contributed by atoms with van der Waals surface area (Å²) in [5, 5.41) is 2.84. The SMILES string of the molecule is COc1ccc(CCC(=O)O[C@@H](C)C(=O)Nc2c(C)cccc2C)cc1OC. The fourth-order valence-electron chi connectivity index (χ4n) is 2.83. The second kappa shape index (κ2) is 9.78. The number of ether oxygens (including phenoxy) is 3. The van der Waals surface area contributed by atoms with Crippen LogP contribution < -0.4 is 14.8 Å². The Morgan fingerprint density at radius 1 is 1.00 bits per heavy atom. The third-order valence-electron chi connectivity index (χ3n) is 4.47. The molecule has 0 bridgehead atoms. The van der Waals surface area contributed by atoms with Crippen molar-refractivity contribution in [3.63, 3.8) is 0 Å². The Hall–Kier alpha value is -3.02. The average molecular weight is 385 g/mol. The van der Waals surface area contributed by atoms with Crippen LogP contribution in [0.5, 0.6) is 11.5 Å². The van der Waals surface area contributed by atoms with Gasteiger partial charge in [0.05, 0.1) is 14.2 Å². The van der Waals surface area contributed by atoms with E-state index in [0.29, 0.717) is 17.9 Å². The van der Waals surface area contributed by atoms with Gasteiger partial charge in [-0.2, -0.15) is 0 Å². The third kappa shape index (κ3) is 5.49. The highest BCUT2D eigenvalue weighted by Crippen LogP contribution is 2.28. The first-order valence-electron chi connectivity index (χ1n) is 9.13. The first kappa shape index (κ1) is 21.3. The van der Waals surface area contributed by atoms with Crippen LogP contribution in [0, 0.1) is 13.8 Å². The minimum atomic E-state index is -0.878. The average Bonchev–Trinajstić information content (AvgIpc) is 2.68. The second-order valence-electron chi connectivity index (χ2n) is 6.58. The summed E-state index contributed by atoms with van der Waals surface area (Å²) in [4.78, 5) is 24.5. The van der Waals surface area contributed by atoms with Gasteiger partial charge in [-0.25, -0.2) is 0 Å². The molecule has 2 aromatic carbocycles. The maximum absolute atomic E-state index is 12.4. The fourth-order valence-corrected chi connectivity index (χ4v) is 2.83. The van der Waals surface area contributed by atoms with E-state index in [1.807, 2.05) is 44.2 Å². The maximum Gasteiger partial charge on any atom is 0.306 e. The number of rotatable bonds is 8. The first-order valence-corrected chi connectivity index (χ1v) is 9.13. The number of hydrogen-bond acceptors (Lipinski definition) is 5. The normalized spacial score (nSPS) is 11.5. The lowest BCUT2D eigenvalue weighted by Crippen LogP contribution is -2.30. The van der Waals surface area contributed by atoms with Crippen LogP contribution in [-0.4, -0.2) is 32.2 Å². The van der Waals surface area contributed by atoms with Crippen molar-refractivity contribution < 1.29 is 23.8 Å². The van der Waals surface area contributed by atoms with Gasteiger partial charge in [0.2, 0.25) is 0 Å². The molecule has 0 aliphatic carbocycles. The van der Waals surface area contributed by atoms with Crippen molar-refractivity contribution in [3.8, 4) is 11.5 Å². The predicted molar refractivity (Wildman–Crippen MR) is 108 cm³/mol. The quantitative estimate of drug-likeness (QED) is 0.699. The Balaban J connectivity index is 1.89. The van der Waals surface area contributed by atoms with E-state index >= 15 is 0 Å². The number of methoxy groups -OCH3 is 2. The van der Waals surface area contributed by atoms with Gasteiger partial charge in [-0.3, -0.25) is 9.59 Å². The van der Waals surface area contributed by atoms with E-state index < -0.39 is 12.1 Å². The van der Waals surface area contributed by atoms with Crippen LogP contribution in [0.15, 0.2) is 36.4 Å². The lowest BCUT2D eigenvalue weighted by molar-refractivity contribution is -0.153. The van der Waals surface area contributed by atoms with E-state index in [1.165, 1.54) is 0 Å². The minimum Gasteiger partial charge on any atom is -0.493 e. The zero-order valence-corrected chi connectivity index (χ0v) is 17.0. The highest BCUT2D eigenvalue weighted by atomic mass is 16.5. The number of nitrogens with one attached hydrogen (secondary N) is 1. The van der Waals surface area contributed by atoms with Crippen molar-refractivity contribution in [2.45, 2.75) is 39.7 Å². The predicted octanol–water partition coefficient (Wildman–Crippen LogP) is 3.82. The molecule has 6 heteroatoms. The fraction of sp³-hybridized carbons (Fsp3) is 0.364. The molecular weight excluding hydrogens is 358 g/mol. The number of esters is 1. The molecule has 0 fully saturated rings. The molecule has 2 aromatic rings. The summed E-state index contributed by atoms with van der Waals surface area (Å²) < 4.78 is 15.7. The molecule has 28 heavy (non-hydrogen) atoms. The Kier molecular flexibility index (Phi) is 7.44. The first-order chi connectivity index (χ1) is 13.3. The molecule has 0 radical (unpaired) electrons. The summed E-state index contributed by atoms with van der Waals surface area (Å²) >= 11 is 0. The molecule has 0 aliphatic heterocycles. The smallest absolute Gasteiger partial charge is 0.306 e. The van der Waals surface area contributed by atoms with Crippen molar-refractivity contribution in [1.29, 1.82) is 0 Å². The Bertz CT molecular complexity index is 827. The number of aryl methyl sites for hydroxylation is 3. The summed E-state index contributed by atoms with van der Waals surface area (Å²) in [6, 6.07) is 11.2. The highest BCUT2D eigenvalue weighted by Gasteiger charge is 2.19. The monoisotopic (exact) mass is 385 g/mol. The maximum atomic E-state index is 12.4. The van der Waals surface area contributed by atoms with Crippen molar-refractivity contribution in [3.05, 3.63) is 53.1 Å². The van der Waals surface area contributed by atoms with Crippen molar-refractivity contribution in [2.24, 2.45) is 0 Å². The summed E-state index contributed by atoms with van der Waals surface area (Å²) in [6.07, 6.45) is -0.238. The van der Waals surface area contributed by atoms with E-state index in [2.05, 4.69) is 5.32 Å². The number of benzene rings is 2. The lowest BCUT2D eigenvalue weighted by Gasteiger charge is -2.16. The van der Waals surface area contributed by atoms with E-state index in [0.717, 1.165) is 22.4 Å². The summed E-state index contributed by atoms with van der Waals surface area (Å²) in [5.74, 6) is 0.455. The van der Waals surface area contributed by atoms with Crippen molar-refractivity contribution in [1.82, 2.24) is 0 Å². The zero-order chi connectivity index (χ0) is 20.7. The highest BCUT2D eigenvalue weighted by molar-refractivity contribution is 5.96. The second-order valence-corrected chi connectivity index (χ2v) is 6.58. The Morgan fingerprint density at radius 3 is 2.25 bits per heavy atom. The van der Waals surface area contributed by atoms with Crippen molar-refractivity contribution >= 4 is 17.6 Å². The van der Waals surface area contributed by atoms with Crippen LogP contribution in [0.4, 0.5) is 5.69 Å². The molecule has 0 spiro atoms. The number of anilines is 1. The van der Waals surface area contributed by atoms with E-state index in [-0.39, 0.29) is 12.3 Å². The number of hydrogen-bond donors (Lipinski definition) is 1. The molecule has 0 aliphatic rings. The molecule has 0 saturated carbocycles. The van der Waals surface area contributed by atoms with Gasteiger partial charge in [0.15, 0.2) is 17.6 Å². The Morgan fingerprint density at radius 2 is 1.64 bits per heavy atom. The van der Waals surface area contributed by atoms with E-state index in [1.54, 1.807) is 27.2 Å². The third-order valence-corrected chi connectivity index (χ3v) is 4.47. The van der Waals surface area contributed by atoms with Gasteiger partial charge in [-0.15, -0.1) is 0 Å². The molecule has 0 aromatic heterocycles. The topological polar surface area (TPSA) is 73.9 Å². The van der Waals surface area contributed by atoms with E-state index in [9.17, 15) is 9.59 Å². The van der Waals surface area contributed by atoms with Crippen LogP contribution in [0.3, 0.4) is 0 Å². The Labute approximate surface area is 165 Å². The standard InChI is InChI=1S/C22H27NO5/c1-14-7-6-8-15(2)21(14)23-22(25)16(3)28-20(24)12-10-17-9-11-18(26-4)19(13-17)27-5/h6-9,11,13,16H,10,12H2,1-5H3,(H,23,25)/t16-/m0/s1. The summed E-state index contributed by atoms with van der Waals surface area (Å²) in [5.41, 5.74) is 3.59. The number of carbonyl (C=O) groups excluding carboxylic acids is 2. The zero-order valence-electron chi connectivity index (χ0n) is 17.0. The van der Waals surface area contributed by atoms with E-state index in [4.69, 9.17) is 14.2 Å². The number of carbonyl (C=O) groups is 2. The van der Waals surface area contributed by atoms with Gasteiger partial charge in [-0.1, -0.05) is 24.3 Å². The molecule has 0 saturated heterocycles. The van der Waals surface area contributed by atoms with Gasteiger partial charge in [0.25, 0.3) is 5.91 Å². The van der Waals surface area contributed by atoms with Gasteiger partial charge in [0.1, 0.15) is 0 Å². The molecule has 1 N–H and O–H groups in total.